The molecule has 0 aliphatic rings. The van der Waals surface area contributed by atoms with Crippen LogP contribution in [0.3, 0.4) is 0 Å². The molecule has 0 saturated carbocycles. The number of aliphatic hydroxyl groups is 1. The molecule has 2 aromatic carbocycles. The van der Waals surface area contributed by atoms with Gasteiger partial charge < -0.3 is 5.11 Å². The smallest absolute Gasteiger partial charge is 0.131 e. The average molecular weight is 230 g/mol. The van der Waals surface area contributed by atoms with E-state index in [1.54, 1.807) is 6.07 Å². The molecule has 0 fully saturated rings. The molecule has 0 spiro atoms. The van der Waals surface area contributed by atoms with Crippen LogP contribution in [0.5, 0.6) is 0 Å². The first-order valence-corrected chi connectivity index (χ1v) is 5.58. The van der Waals surface area contributed by atoms with Crippen molar-refractivity contribution in [2.24, 2.45) is 0 Å². The predicted octanol–water partition coefficient (Wildman–Crippen LogP) is 3.60. The summed E-state index contributed by atoms with van der Waals surface area (Å²) in [5.74, 6) is -0.213. The van der Waals surface area contributed by atoms with Crippen LogP contribution in [0.15, 0.2) is 36.4 Å². The Morgan fingerprint density at radius 3 is 2.41 bits per heavy atom. The average Bonchev–Trinajstić information content (AvgIpc) is 2.32. The lowest BCUT2D eigenvalue weighted by Gasteiger charge is -2.09. The molecule has 2 rings (SSSR count). The zero-order chi connectivity index (χ0) is 12.4. The second kappa shape index (κ2) is 4.68. The second-order valence-electron chi connectivity index (χ2n) is 4.29. The zero-order valence-electron chi connectivity index (χ0n) is 10.00. The Balaban J connectivity index is 2.56. The van der Waals surface area contributed by atoms with Crippen LogP contribution in [0, 0.1) is 19.7 Å². The Bertz CT molecular complexity index is 547. The van der Waals surface area contributed by atoms with Gasteiger partial charge in [0, 0.05) is 5.56 Å². The quantitative estimate of drug-likeness (QED) is 0.835. The molecule has 0 atom stereocenters. The van der Waals surface area contributed by atoms with Gasteiger partial charge in [-0.2, -0.15) is 0 Å². The van der Waals surface area contributed by atoms with Crippen molar-refractivity contribution in [1.82, 2.24) is 0 Å². The van der Waals surface area contributed by atoms with Gasteiger partial charge in [0.05, 0.1) is 6.61 Å². The van der Waals surface area contributed by atoms with Gasteiger partial charge in [-0.15, -0.1) is 0 Å². The first-order valence-electron chi connectivity index (χ1n) is 5.58. The molecular weight excluding hydrogens is 215 g/mol. The van der Waals surface area contributed by atoms with Gasteiger partial charge in [-0.1, -0.05) is 29.8 Å². The van der Waals surface area contributed by atoms with Gasteiger partial charge in [0.25, 0.3) is 0 Å². The highest BCUT2D eigenvalue weighted by Gasteiger charge is 2.08. The maximum atomic E-state index is 13.8. The molecule has 88 valence electrons. The van der Waals surface area contributed by atoms with Crippen LogP contribution < -0.4 is 0 Å². The zero-order valence-corrected chi connectivity index (χ0v) is 10.00. The summed E-state index contributed by atoms with van der Waals surface area (Å²) in [4.78, 5) is 0. The van der Waals surface area contributed by atoms with E-state index in [0.29, 0.717) is 5.56 Å². The molecule has 0 aromatic heterocycles. The van der Waals surface area contributed by atoms with Crippen molar-refractivity contribution in [2.75, 3.05) is 0 Å². The third-order valence-corrected chi connectivity index (χ3v) is 2.89. The highest BCUT2D eigenvalue weighted by molar-refractivity contribution is 5.68. The van der Waals surface area contributed by atoms with Crippen LogP contribution in [-0.2, 0) is 6.61 Å². The normalized spacial score (nSPS) is 10.6. The minimum atomic E-state index is -0.213. The van der Waals surface area contributed by atoms with Gasteiger partial charge in [0.15, 0.2) is 0 Å². The van der Waals surface area contributed by atoms with Gasteiger partial charge in [-0.05, 0) is 42.7 Å². The summed E-state index contributed by atoms with van der Waals surface area (Å²) in [6.45, 7) is 3.88. The second-order valence-corrected chi connectivity index (χ2v) is 4.29. The summed E-state index contributed by atoms with van der Waals surface area (Å²) >= 11 is 0. The molecule has 17 heavy (non-hydrogen) atoms. The van der Waals surface area contributed by atoms with Crippen molar-refractivity contribution in [3.8, 4) is 11.1 Å². The molecule has 0 heterocycles. The summed E-state index contributed by atoms with van der Waals surface area (Å²) in [7, 11) is 0. The lowest BCUT2D eigenvalue weighted by molar-refractivity contribution is 0.282. The van der Waals surface area contributed by atoms with E-state index in [1.807, 2.05) is 38.1 Å². The van der Waals surface area contributed by atoms with Crippen LogP contribution in [0.25, 0.3) is 11.1 Å². The predicted molar refractivity (Wildman–Crippen MR) is 67.2 cm³/mol. The number of hydrogen-bond acceptors (Lipinski definition) is 1. The monoisotopic (exact) mass is 230 g/mol. The molecule has 1 N–H and O–H groups in total. The van der Waals surface area contributed by atoms with E-state index in [4.69, 9.17) is 5.11 Å². The van der Waals surface area contributed by atoms with Crippen LogP contribution >= 0.6 is 0 Å². The van der Waals surface area contributed by atoms with Gasteiger partial charge in [-0.25, -0.2) is 4.39 Å². The number of rotatable bonds is 2. The Labute approximate surface area is 101 Å². The van der Waals surface area contributed by atoms with E-state index in [2.05, 4.69) is 0 Å². The van der Waals surface area contributed by atoms with Crippen molar-refractivity contribution in [1.29, 1.82) is 0 Å². The Morgan fingerprint density at radius 1 is 1.00 bits per heavy atom. The Kier molecular flexibility index (Phi) is 3.25. The van der Waals surface area contributed by atoms with E-state index in [1.165, 1.54) is 6.07 Å². The highest BCUT2D eigenvalue weighted by Crippen LogP contribution is 2.27. The van der Waals surface area contributed by atoms with Gasteiger partial charge in [0.2, 0.25) is 0 Å². The molecule has 2 aromatic rings. The van der Waals surface area contributed by atoms with Crippen molar-refractivity contribution < 1.29 is 9.50 Å². The molecule has 0 bridgehead atoms. The maximum absolute atomic E-state index is 13.8. The number of hydrogen-bond donors (Lipinski definition) is 1. The first kappa shape index (κ1) is 11.8. The van der Waals surface area contributed by atoms with E-state index in [0.717, 1.165) is 22.3 Å². The van der Waals surface area contributed by atoms with E-state index in [-0.39, 0.29) is 12.4 Å². The molecule has 0 aliphatic heterocycles. The fourth-order valence-corrected chi connectivity index (χ4v) is 1.97. The SMILES string of the molecule is Cc1ccc(F)c(-c2ccc(CO)cc2C)c1. The molecular formula is C15H15FO. The van der Waals surface area contributed by atoms with E-state index in [9.17, 15) is 4.39 Å². The molecule has 1 nitrogen and oxygen atoms in total. The van der Waals surface area contributed by atoms with Crippen molar-refractivity contribution in [3.63, 3.8) is 0 Å². The third-order valence-electron chi connectivity index (χ3n) is 2.89. The first-order chi connectivity index (χ1) is 8.11. The molecule has 2 heteroatoms. The van der Waals surface area contributed by atoms with Crippen LogP contribution in [-0.4, -0.2) is 5.11 Å². The van der Waals surface area contributed by atoms with Crippen molar-refractivity contribution in [2.45, 2.75) is 20.5 Å². The lowest BCUT2D eigenvalue weighted by atomic mass is 9.97. The van der Waals surface area contributed by atoms with Crippen molar-refractivity contribution >= 4 is 0 Å². The molecule has 0 saturated heterocycles. The topological polar surface area (TPSA) is 20.2 Å². The third kappa shape index (κ3) is 2.37. The molecule has 0 unspecified atom stereocenters. The standard InChI is InChI=1S/C15H15FO/c1-10-3-6-15(16)14(7-10)13-5-4-12(9-17)8-11(13)2/h3-8,17H,9H2,1-2H3. The number of halogens is 1. The number of aryl methyl sites for hydroxylation is 2. The maximum Gasteiger partial charge on any atom is 0.131 e. The number of aliphatic hydroxyl groups excluding tert-OH is 1. The fraction of sp³-hybridized carbons (Fsp3) is 0.200. The summed E-state index contributed by atoms with van der Waals surface area (Å²) in [6, 6.07) is 10.7. The molecule has 0 radical (unpaired) electrons. The summed E-state index contributed by atoms with van der Waals surface area (Å²) in [6.07, 6.45) is 0. The molecule has 0 amide bonds. The van der Waals surface area contributed by atoms with Gasteiger partial charge in [0.1, 0.15) is 5.82 Å². The fourth-order valence-electron chi connectivity index (χ4n) is 1.97. The Morgan fingerprint density at radius 2 is 1.76 bits per heavy atom. The summed E-state index contributed by atoms with van der Waals surface area (Å²) in [5, 5.41) is 9.05. The minimum Gasteiger partial charge on any atom is -0.392 e. The highest BCUT2D eigenvalue weighted by atomic mass is 19.1. The summed E-state index contributed by atoms with van der Waals surface area (Å²) in [5.41, 5.74) is 4.35. The van der Waals surface area contributed by atoms with Crippen LogP contribution in [0.1, 0.15) is 16.7 Å². The van der Waals surface area contributed by atoms with Crippen LogP contribution in [0.2, 0.25) is 0 Å². The largest absolute Gasteiger partial charge is 0.392 e. The van der Waals surface area contributed by atoms with E-state index >= 15 is 0 Å². The minimum absolute atomic E-state index is 0.0113. The summed E-state index contributed by atoms with van der Waals surface area (Å²) < 4.78 is 13.8. The molecule has 0 aliphatic carbocycles. The van der Waals surface area contributed by atoms with E-state index < -0.39 is 0 Å². The lowest BCUT2D eigenvalue weighted by Crippen LogP contribution is -1.91. The van der Waals surface area contributed by atoms with Gasteiger partial charge >= 0.3 is 0 Å². The van der Waals surface area contributed by atoms with Gasteiger partial charge in [-0.3, -0.25) is 0 Å². The Hall–Kier alpha value is -1.67. The number of benzene rings is 2. The van der Waals surface area contributed by atoms with Crippen LogP contribution in [0.4, 0.5) is 4.39 Å². The van der Waals surface area contributed by atoms with Crippen molar-refractivity contribution in [3.05, 3.63) is 58.9 Å².